The van der Waals surface area contributed by atoms with E-state index >= 15 is 4.79 Å². The van der Waals surface area contributed by atoms with Gasteiger partial charge in [0, 0.05) is 17.9 Å². The van der Waals surface area contributed by atoms with Crippen LogP contribution in [0.5, 0.6) is 0 Å². The summed E-state index contributed by atoms with van der Waals surface area (Å²) in [7, 11) is 1.40. The van der Waals surface area contributed by atoms with E-state index in [9.17, 15) is 24.3 Å². The van der Waals surface area contributed by atoms with Crippen molar-refractivity contribution >= 4 is 23.7 Å². The van der Waals surface area contributed by atoms with Crippen LogP contribution < -0.4 is 5.82 Å². The molecule has 1 saturated heterocycles. The summed E-state index contributed by atoms with van der Waals surface area (Å²) in [5, 5.41) is 10.3. The Hall–Kier alpha value is -3.21. The lowest BCUT2D eigenvalue weighted by Gasteiger charge is -2.70. The van der Waals surface area contributed by atoms with Crippen LogP contribution in [0.25, 0.3) is 0 Å². The lowest BCUT2D eigenvalue weighted by Crippen LogP contribution is -2.70. The quantitative estimate of drug-likeness (QED) is 0.277. The molecule has 5 fully saturated rings. The van der Waals surface area contributed by atoms with E-state index in [1.165, 1.54) is 7.11 Å². The molecule has 1 N–H and O–H groups in total. The van der Waals surface area contributed by atoms with Crippen molar-refractivity contribution < 1.29 is 42.6 Å². The first-order chi connectivity index (χ1) is 25.2. The number of carbonyl (C=O) groups excluding carboxylic acids is 3. The third-order valence-electron chi connectivity index (χ3n) is 16.9. The van der Waals surface area contributed by atoms with Crippen LogP contribution in [0.2, 0.25) is 0 Å². The molecule has 0 amide bonds. The fourth-order valence-electron chi connectivity index (χ4n) is 13.5. The van der Waals surface area contributed by atoms with Crippen LogP contribution in [0.1, 0.15) is 143 Å². The Labute approximate surface area is 318 Å². The summed E-state index contributed by atoms with van der Waals surface area (Å²) in [5.41, 5.74) is -2.16. The minimum absolute atomic E-state index is 0.0125. The molecular weight excluding hydrogens is 690 g/mol. The van der Waals surface area contributed by atoms with Crippen LogP contribution in [-0.2, 0) is 35.3 Å². The smallest absolute Gasteiger partial charge is 0.481 e. The average Bonchev–Trinajstić information content (AvgIpc) is 3.75. The van der Waals surface area contributed by atoms with E-state index in [-0.39, 0.29) is 64.7 Å². The zero-order chi connectivity index (χ0) is 39.4. The Balaban J connectivity index is 1.29. The number of likely N-dealkylation sites (tertiary alicyclic amines) is 1. The Kier molecular flexibility index (Phi) is 9.34. The molecule has 0 bridgehead atoms. The number of fused-ring (bicyclic) bond motifs is 7. The zero-order valence-corrected chi connectivity index (χ0v) is 33.8. The number of ether oxygens (including phenoxy) is 2. The highest BCUT2D eigenvalue weighted by Gasteiger charge is 2.72. The van der Waals surface area contributed by atoms with Gasteiger partial charge in [-0.1, -0.05) is 47.1 Å². The van der Waals surface area contributed by atoms with E-state index in [1.54, 1.807) is 0 Å². The number of nitrogens with zero attached hydrogens (tertiary/aromatic N) is 1. The number of carbonyl (C=O) groups is 4. The van der Waals surface area contributed by atoms with Gasteiger partial charge in [0.15, 0.2) is 23.9 Å². The van der Waals surface area contributed by atoms with Crippen molar-refractivity contribution in [1.29, 1.82) is 0 Å². The molecule has 298 valence electrons. The van der Waals surface area contributed by atoms with Crippen molar-refractivity contribution in [3.63, 3.8) is 0 Å². The molecule has 1 aromatic heterocycles. The average molecular weight is 752 g/mol. The predicted molar refractivity (Wildman–Crippen MR) is 198 cm³/mol. The number of allylic oxidation sites excluding steroid dienone is 2. The molecule has 0 aromatic carbocycles. The first-order valence-electron chi connectivity index (χ1n) is 20.3. The van der Waals surface area contributed by atoms with Gasteiger partial charge in [-0.15, -0.1) is 0 Å². The second-order valence-corrected chi connectivity index (χ2v) is 19.8. The van der Waals surface area contributed by atoms with Gasteiger partial charge < -0.3 is 23.4 Å². The molecule has 11 nitrogen and oxygen atoms in total. The number of hydrogen-bond donors (Lipinski definition) is 1. The van der Waals surface area contributed by atoms with Crippen LogP contribution in [0.15, 0.2) is 25.3 Å². The largest absolute Gasteiger partial charge is 0.519 e. The van der Waals surface area contributed by atoms with E-state index in [0.29, 0.717) is 50.8 Å². The maximum atomic E-state index is 15.0. The molecule has 6 aliphatic rings. The monoisotopic (exact) mass is 751 g/mol. The number of methoxy groups -OCH3 is 1. The topological polar surface area (TPSA) is 154 Å². The lowest BCUT2D eigenvalue weighted by atomic mass is 9.33. The molecule has 54 heavy (non-hydrogen) atoms. The fourth-order valence-corrected chi connectivity index (χ4v) is 13.5. The standard InChI is InChI=1S/C43H61NO10/c1-24(2)32-29(53-37(50)54-32)23-52-36(49)43(8)30-12-15-42(7)33(40(30,5)14-13-31(43)44-20-10-11-27(44)34(46)51-9)28(45)21-25-26-22-39(4,35(47)48)17-16-38(26,3)18-19-41(25,42)6/h21,24,26-27,30-31,33H,10-20,22-23H2,1-9H3,(H,47,48)/t26-,27+,30?,31-,33+,38+,39-,40-,41+,42+,43-/m0/s1. The van der Waals surface area contributed by atoms with Crippen LogP contribution in [0.4, 0.5) is 0 Å². The molecular formula is C43H61NO10. The van der Waals surface area contributed by atoms with Crippen LogP contribution in [0, 0.1) is 50.2 Å². The third-order valence-corrected chi connectivity index (χ3v) is 16.9. The minimum Gasteiger partial charge on any atom is -0.481 e. The number of aliphatic carboxylic acids is 1. The highest BCUT2D eigenvalue weighted by Crippen LogP contribution is 2.75. The summed E-state index contributed by atoms with van der Waals surface area (Å²) in [6.45, 7) is 17.1. The van der Waals surface area contributed by atoms with Crippen molar-refractivity contribution in [2.45, 2.75) is 151 Å². The number of carboxylic acid groups (broad SMARTS) is 1. The predicted octanol–water partition coefficient (Wildman–Crippen LogP) is 7.45. The van der Waals surface area contributed by atoms with Gasteiger partial charge in [-0.05, 0) is 131 Å². The Morgan fingerprint density at radius 1 is 0.944 bits per heavy atom. The number of carboxylic acids is 1. The first-order valence-corrected chi connectivity index (χ1v) is 20.3. The fraction of sp³-hybridized carbons (Fsp3) is 0.791. The lowest BCUT2D eigenvalue weighted by molar-refractivity contribution is -0.213. The van der Waals surface area contributed by atoms with Gasteiger partial charge >= 0.3 is 23.7 Å². The number of esters is 2. The van der Waals surface area contributed by atoms with E-state index in [4.69, 9.17) is 18.3 Å². The normalized spacial score (nSPS) is 43.3. The summed E-state index contributed by atoms with van der Waals surface area (Å²) >= 11 is 0. The molecule has 1 unspecified atom stereocenters. The van der Waals surface area contributed by atoms with Crippen molar-refractivity contribution in [3.8, 4) is 0 Å². The summed E-state index contributed by atoms with van der Waals surface area (Å²) in [4.78, 5) is 70.0. The Morgan fingerprint density at radius 2 is 1.65 bits per heavy atom. The zero-order valence-electron chi connectivity index (χ0n) is 33.8. The van der Waals surface area contributed by atoms with Crippen molar-refractivity contribution in [1.82, 2.24) is 4.90 Å². The molecule has 0 spiro atoms. The second-order valence-electron chi connectivity index (χ2n) is 19.8. The molecule has 11 heteroatoms. The van der Waals surface area contributed by atoms with E-state index in [2.05, 4.69) is 32.6 Å². The molecule has 4 saturated carbocycles. The molecule has 1 aliphatic heterocycles. The SMILES string of the molecule is COC(=O)[C@H]1CCCN1[C@H]1CC[C@@]2(C)C(CC[C@]3(C)[C@@H]2C(=O)C=C2[C@@H]4C[C@@](C)(C(=O)O)CC[C@]4(C)CC[C@]23C)[C@]1(C)C(=O)OCc1oc(=O)oc1C(C)C. The third kappa shape index (κ3) is 5.39. The molecule has 1 aromatic rings. The number of rotatable bonds is 7. The van der Waals surface area contributed by atoms with Crippen molar-refractivity contribution in [2.75, 3.05) is 13.7 Å². The maximum absolute atomic E-state index is 15.0. The van der Waals surface area contributed by atoms with Gasteiger partial charge in [0.2, 0.25) is 0 Å². The molecule has 0 radical (unpaired) electrons. The molecule has 11 atom stereocenters. The summed E-state index contributed by atoms with van der Waals surface area (Å²) < 4.78 is 22.0. The summed E-state index contributed by atoms with van der Waals surface area (Å²) in [5.74, 6) is -2.49. The maximum Gasteiger partial charge on any atom is 0.519 e. The Morgan fingerprint density at radius 3 is 2.31 bits per heavy atom. The highest BCUT2D eigenvalue weighted by molar-refractivity contribution is 5.96. The van der Waals surface area contributed by atoms with Gasteiger partial charge in [-0.3, -0.25) is 24.1 Å². The Bertz CT molecular complexity index is 1820. The molecule has 2 heterocycles. The van der Waals surface area contributed by atoms with Gasteiger partial charge in [0.25, 0.3) is 0 Å². The first kappa shape index (κ1) is 39.0. The van der Waals surface area contributed by atoms with Crippen LogP contribution in [0.3, 0.4) is 0 Å². The second kappa shape index (κ2) is 12.9. The highest BCUT2D eigenvalue weighted by atomic mass is 16.6. The van der Waals surface area contributed by atoms with Gasteiger partial charge in [0.1, 0.15) is 6.04 Å². The van der Waals surface area contributed by atoms with E-state index < -0.39 is 45.5 Å². The number of ketones is 1. The van der Waals surface area contributed by atoms with Crippen molar-refractivity contribution in [2.24, 2.45) is 50.2 Å². The number of hydrogen-bond acceptors (Lipinski definition) is 10. The van der Waals surface area contributed by atoms with E-state index in [1.807, 2.05) is 33.8 Å². The van der Waals surface area contributed by atoms with Gasteiger partial charge in [-0.2, -0.15) is 0 Å². The van der Waals surface area contributed by atoms with Crippen LogP contribution in [-0.4, -0.2) is 59.4 Å². The van der Waals surface area contributed by atoms with Crippen LogP contribution >= 0.6 is 0 Å². The summed E-state index contributed by atoms with van der Waals surface area (Å²) in [6.07, 6.45) is 9.99. The summed E-state index contributed by atoms with van der Waals surface area (Å²) in [6, 6.07) is -0.819. The van der Waals surface area contributed by atoms with E-state index in [0.717, 1.165) is 37.7 Å². The molecule has 5 aliphatic carbocycles. The molecule has 7 rings (SSSR count). The minimum atomic E-state index is -1.12. The van der Waals surface area contributed by atoms with Crippen molar-refractivity contribution in [3.05, 3.63) is 33.8 Å². The van der Waals surface area contributed by atoms with Gasteiger partial charge in [0.05, 0.1) is 17.9 Å². The van der Waals surface area contributed by atoms with Gasteiger partial charge in [-0.25, -0.2) is 4.79 Å².